The van der Waals surface area contributed by atoms with E-state index in [4.69, 9.17) is 4.74 Å². The number of hydrogen-bond acceptors (Lipinski definition) is 3. The van der Waals surface area contributed by atoms with Crippen molar-refractivity contribution in [3.8, 4) is 5.69 Å². The average molecular weight is 287 g/mol. The van der Waals surface area contributed by atoms with E-state index in [0.717, 1.165) is 18.7 Å². The first-order valence-corrected chi connectivity index (χ1v) is 7.38. The van der Waals surface area contributed by atoms with Gasteiger partial charge < -0.3 is 10.1 Å². The summed E-state index contributed by atoms with van der Waals surface area (Å²) < 4.78 is 7.35. The maximum Gasteiger partial charge on any atom is 0.0648 e. The van der Waals surface area contributed by atoms with Crippen LogP contribution in [0.15, 0.2) is 42.7 Å². The molecule has 0 aliphatic carbocycles. The Bertz CT molecular complexity index is 549. The number of nitrogens with zero attached hydrogens (tertiary/aromatic N) is 2. The summed E-state index contributed by atoms with van der Waals surface area (Å²) in [5, 5.41) is 7.81. The molecule has 21 heavy (non-hydrogen) atoms. The molecule has 0 saturated carbocycles. The van der Waals surface area contributed by atoms with Crippen LogP contribution >= 0.6 is 0 Å². The van der Waals surface area contributed by atoms with Crippen molar-refractivity contribution in [3.63, 3.8) is 0 Å². The maximum absolute atomic E-state index is 5.48. The molecule has 4 nitrogen and oxygen atoms in total. The van der Waals surface area contributed by atoms with E-state index >= 15 is 0 Å². The van der Waals surface area contributed by atoms with Gasteiger partial charge in [0.05, 0.1) is 11.3 Å². The van der Waals surface area contributed by atoms with Crippen molar-refractivity contribution in [1.29, 1.82) is 0 Å². The number of rotatable bonds is 7. The highest BCUT2D eigenvalue weighted by molar-refractivity contribution is 5.34. The zero-order valence-corrected chi connectivity index (χ0v) is 13.3. The van der Waals surface area contributed by atoms with Gasteiger partial charge in [0, 0.05) is 32.1 Å². The van der Waals surface area contributed by atoms with E-state index in [1.54, 1.807) is 13.3 Å². The second-order valence-electron chi connectivity index (χ2n) is 6.07. The van der Waals surface area contributed by atoms with Gasteiger partial charge in [-0.15, -0.1) is 0 Å². The van der Waals surface area contributed by atoms with Crippen molar-refractivity contribution in [1.82, 2.24) is 15.1 Å². The molecule has 1 heterocycles. The minimum Gasteiger partial charge on any atom is -0.379 e. The van der Waals surface area contributed by atoms with Gasteiger partial charge in [0.1, 0.15) is 0 Å². The lowest BCUT2D eigenvalue weighted by molar-refractivity contribution is 0.00844. The third kappa shape index (κ3) is 4.69. The molecule has 0 fully saturated rings. The predicted molar refractivity (Wildman–Crippen MR) is 85.6 cm³/mol. The van der Waals surface area contributed by atoms with Gasteiger partial charge in [0.25, 0.3) is 0 Å². The summed E-state index contributed by atoms with van der Waals surface area (Å²) in [6.07, 6.45) is 4.72. The summed E-state index contributed by atoms with van der Waals surface area (Å²) in [6.45, 7) is 7.27. The lowest BCUT2D eigenvalue weighted by Gasteiger charge is -2.27. The van der Waals surface area contributed by atoms with E-state index in [2.05, 4.69) is 55.5 Å². The normalized spacial score (nSPS) is 13.3. The molecule has 0 aliphatic rings. The van der Waals surface area contributed by atoms with Crippen LogP contribution in [0.5, 0.6) is 0 Å². The van der Waals surface area contributed by atoms with Gasteiger partial charge in [-0.05, 0) is 51.0 Å². The van der Waals surface area contributed by atoms with Gasteiger partial charge in [-0.2, -0.15) is 5.10 Å². The summed E-state index contributed by atoms with van der Waals surface area (Å²) in [5.74, 6) is 0. The third-order valence-electron chi connectivity index (χ3n) is 3.68. The van der Waals surface area contributed by atoms with Crippen molar-refractivity contribution >= 4 is 0 Å². The van der Waals surface area contributed by atoms with E-state index in [1.165, 1.54) is 5.56 Å². The molecule has 0 amide bonds. The van der Waals surface area contributed by atoms with E-state index in [0.29, 0.717) is 6.04 Å². The Balaban J connectivity index is 1.93. The van der Waals surface area contributed by atoms with Crippen LogP contribution in [0.3, 0.4) is 0 Å². The number of aromatic nitrogens is 2. The van der Waals surface area contributed by atoms with Crippen molar-refractivity contribution in [2.75, 3.05) is 7.11 Å². The molecule has 0 bridgehead atoms. The molecular formula is C17H25N3O. The van der Waals surface area contributed by atoms with Crippen LogP contribution in [0.1, 0.15) is 32.8 Å². The molecule has 0 radical (unpaired) electrons. The quantitative estimate of drug-likeness (QED) is 0.850. The smallest absolute Gasteiger partial charge is 0.0648 e. The molecule has 4 heteroatoms. The zero-order chi connectivity index (χ0) is 15.3. The molecule has 1 N–H and O–H groups in total. The molecule has 114 valence electrons. The van der Waals surface area contributed by atoms with E-state index in [1.807, 2.05) is 16.9 Å². The minimum atomic E-state index is -0.0939. The average Bonchev–Trinajstić information content (AvgIpc) is 2.99. The topological polar surface area (TPSA) is 39.1 Å². The molecule has 0 spiro atoms. The predicted octanol–water partition coefficient (Wildman–Crippen LogP) is 3.17. The molecule has 1 atom stereocenters. The van der Waals surface area contributed by atoms with E-state index in [-0.39, 0.29) is 5.60 Å². The standard InChI is InChI=1S/C17H25N3O/c1-14(12-17(2,3)21-4)18-13-15-7-5-8-16(11-15)20-10-6-9-19-20/h5-11,14,18H,12-13H2,1-4H3/t14-/m1/s1. The number of nitrogens with one attached hydrogen (secondary N) is 1. The second kappa shape index (κ2) is 6.87. The highest BCUT2D eigenvalue weighted by atomic mass is 16.5. The first-order valence-electron chi connectivity index (χ1n) is 7.38. The Labute approximate surface area is 127 Å². The Kier molecular flexibility index (Phi) is 5.15. The highest BCUT2D eigenvalue weighted by Crippen LogP contribution is 2.16. The monoisotopic (exact) mass is 287 g/mol. The van der Waals surface area contributed by atoms with Gasteiger partial charge in [-0.1, -0.05) is 12.1 Å². The highest BCUT2D eigenvalue weighted by Gasteiger charge is 2.19. The molecule has 0 aliphatic heterocycles. The molecule has 2 rings (SSSR count). The molecule has 0 saturated heterocycles. The maximum atomic E-state index is 5.48. The first-order chi connectivity index (χ1) is 10.00. The number of ether oxygens (including phenoxy) is 1. The summed E-state index contributed by atoms with van der Waals surface area (Å²) in [6, 6.07) is 10.8. The second-order valence-corrected chi connectivity index (χ2v) is 6.07. The van der Waals surface area contributed by atoms with E-state index < -0.39 is 0 Å². The third-order valence-corrected chi connectivity index (χ3v) is 3.68. The molecular weight excluding hydrogens is 262 g/mol. The van der Waals surface area contributed by atoms with E-state index in [9.17, 15) is 0 Å². The summed E-state index contributed by atoms with van der Waals surface area (Å²) in [7, 11) is 1.76. The zero-order valence-electron chi connectivity index (χ0n) is 13.3. The van der Waals surface area contributed by atoms with Gasteiger partial charge in [0.2, 0.25) is 0 Å². The fraction of sp³-hybridized carbons (Fsp3) is 0.471. The van der Waals surface area contributed by atoms with Crippen LogP contribution in [0.25, 0.3) is 5.69 Å². The first kappa shape index (κ1) is 15.7. The van der Waals surface area contributed by atoms with Crippen molar-refractivity contribution in [2.24, 2.45) is 0 Å². The number of hydrogen-bond donors (Lipinski definition) is 1. The molecule has 0 unspecified atom stereocenters. The summed E-state index contributed by atoms with van der Waals surface area (Å²) in [5.41, 5.74) is 2.25. The molecule has 2 aromatic rings. The fourth-order valence-corrected chi connectivity index (χ4v) is 2.42. The Morgan fingerprint density at radius 1 is 1.33 bits per heavy atom. The van der Waals surface area contributed by atoms with Crippen LogP contribution in [0, 0.1) is 0 Å². The van der Waals surface area contributed by atoms with Crippen LogP contribution in [-0.4, -0.2) is 28.5 Å². The van der Waals surface area contributed by atoms with Crippen LogP contribution in [0.4, 0.5) is 0 Å². The lowest BCUT2D eigenvalue weighted by Crippen LogP contribution is -2.35. The van der Waals surface area contributed by atoms with Crippen LogP contribution in [-0.2, 0) is 11.3 Å². The molecule has 1 aromatic heterocycles. The summed E-state index contributed by atoms with van der Waals surface area (Å²) >= 11 is 0. The SMILES string of the molecule is COC(C)(C)C[C@@H](C)NCc1cccc(-n2cccn2)c1. The van der Waals surface area contributed by atoms with Crippen molar-refractivity contribution < 1.29 is 4.74 Å². The van der Waals surface area contributed by atoms with Crippen LogP contribution < -0.4 is 5.32 Å². The fourth-order valence-electron chi connectivity index (χ4n) is 2.42. The Morgan fingerprint density at radius 3 is 2.81 bits per heavy atom. The van der Waals surface area contributed by atoms with Crippen LogP contribution in [0.2, 0.25) is 0 Å². The summed E-state index contributed by atoms with van der Waals surface area (Å²) in [4.78, 5) is 0. The Morgan fingerprint density at radius 2 is 2.14 bits per heavy atom. The Hall–Kier alpha value is -1.65. The van der Waals surface area contributed by atoms with Gasteiger partial charge in [0.15, 0.2) is 0 Å². The number of methoxy groups -OCH3 is 1. The largest absolute Gasteiger partial charge is 0.379 e. The van der Waals surface area contributed by atoms with Gasteiger partial charge in [-0.25, -0.2) is 4.68 Å². The van der Waals surface area contributed by atoms with Gasteiger partial charge in [-0.3, -0.25) is 0 Å². The van der Waals surface area contributed by atoms with Gasteiger partial charge >= 0.3 is 0 Å². The number of benzene rings is 1. The van der Waals surface area contributed by atoms with Crippen molar-refractivity contribution in [3.05, 3.63) is 48.3 Å². The molecule has 1 aromatic carbocycles. The minimum absolute atomic E-state index is 0.0939. The lowest BCUT2D eigenvalue weighted by atomic mass is 9.99. The van der Waals surface area contributed by atoms with Crippen molar-refractivity contribution in [2.45, 2.75) is 45.4 Å².